The molecular weight excluding hydrogens is 294 g/mol. The molecule has 3 fully saturated rings. The van der Waals surface area contributed by atoms with Gasteiger partial charge in [-0.15, -0.1) is 21.5 Å². The maximum Gasteiger partial charge on any atom is 0.233 e. The Labute approximate surface area is 135 Å². The number of hydrogen-bond donors (Lipinski definition) is 0. The molecule has 0 radical (unpaired) electrons. The zero-order valence-electron chi connectivity index (χ0n) is 13.0. The summed E-state index contributed by atoms with van der Waals surface area (Å²) in [7, 11) is 0. The Morgan fingerprint density at radius 2 is 1.95 bits per heavy atom. The number of hydrogen-bond acceptors (Lipinski definition) is 5. The lowest BCUT2D eigenvalue weighted by Crippen LogP contribution is -2.58. The Morgan fingerprint density at radius 3 is 2.55 bits per heavy atom. The van der Waals surface area contributed by atoms with Crippen LogP contribution in [0.25, 0.3) is 10.6 Å². The van der Waals surface area contributed by atoms with Gasteiger partial charge in [-0.2, -0.15) is 0 Å². The van der Waals surface area contributed by atoms with E-state index in [2.05, 4.69) is 41.1 Å². The average molecular weight is 315 g/mol. The second kappa shape index (κ2) is 5.63. The van der Waals surface area contributed by atoms with Crippen LogP contribution in [0.1, 0.15) is 24.6 Å². The van der Waals surface area contributed by atoms with Gasteiger partial charge >= 0.3 is 0 Å². The molecule has 0 saturated carbocycles. The molecule has 0 amide bonds. The van der Waals surface area contributed by atoms with Gasteiger partial charge in [0.2, 0.25) is 5.88 Å². The number of aromatic nitrogens is 2. The summed E-state index contributed by atoms with van der Waals surface area (Å²) in [5.74, 6) is 1.32. The molecule has 4 nitrogen and oxygen atoms in total. The Balaban J connectivity index is 1.49. The van der Waals surface area contributed by atoms with Crippen LogP contribution in [0.15, 0.2) is 24.3 Å². The van der Waals surface area contributed by atoms with Crippen molar-refractivity contribution in [3.05, 3.63) is 29.1 Å². The van der Waals surface area contributed by atoms with Gasteiger partial charge in [-0.3, -0.25) is 4.90 Å². The van der Waals surface area contributed by atoms with E-state index in [4.69, 9.17) is 4.74 Å². The summed E-state index contributed by atoms with van der Waals surface area (Å²) in [4.78, 5) is 4.98. The van der Waals surface area contributed by atoms with Crippen molar-refractivity contribution in [3.8, 4) is 16.5 Å². The first kappa shape index (κ1) is 14.2. The van der Waals surface area contributed by atoms with E-state index < -0.39 is 0 Å². The first-order chi connectivity index (χ1) is 10.7. The number of ether oxygens (including phenoxy) is 1. The number of piperidine rings is 3. The van der Waals surface area contributed by atoms with Crippen LogP contribution in [0.5, 0.6) is 5.88 Å². The molecule has 2 aromatic heterocycles. The molecule has 0 unspecified atom stereocenters. The van der Waals surface area contributed by atoms with E-state index in [0.29, 0.717) is 17.8 Å². The van der Waals surface area contributed by atoms with Crippen LogP contribution in [0.4, 0.5) is 0 Å². The highest BCUT2D eigenvalue weighted by Gasteiger charge is 2.41. The molecule has 3 aliphatic rings. The van der Waals surface area contributed by atoms with Gasteiger partial charge in [0.05, 0.1) is 4.88 Å². The first-order valence-corrected chi connectivity index (χ1v) is 8.83. The molecule has 0 N–H and O–H groups in total. The van der Waals surface area contributed by atoms with Crippen LogP contribution < -0.4 is 4.74 Å². The van der Waals surface area contributed by atoms with Gasteiger partial charge < -0.3 is 4.74 Å². The maximum absolute atomic E-state index is 6.19. The fraction of sp³-hybridized carbons (Fsp3) is 0.529. The Bertz CT molecular complexity index is 644. The minimum Gasteiger partial charge on any atom is -0.471 e. The van der Waals surface area contributed by atoms with Crippen molar-refractivity contribution in [2.45, 2.75) is 38.8 Å². The average Bonchev–Trinajstić information content (AvgIpc) is 2.98. The Kier molecular flexibility index (Phi) is 3.62. The number of rotatable bonds is 3. The number of fused-ring (bicyclic) bond motifs is 3. The van der Waals surface area contributed by atoms with Gasteiger partial charge in [0, 0.05) is 17.0 Å². The van der Waals surface area contributed by atoms with Gasteiger partial charge in [0.1, 0.15) is 11.8 Å². The molecule has 0 spiro atoms. The molecule has 0 aromatic carbocycles. The summed E-state index contributed by atoms with van der Waals surface area (Å²) < 4.78 is 6.19. The second-order valence-corrected chi connectivity index (χ2v) is 7.65. The van der Waals surface area contributed by atoms with Crippen LogP contribution in [0.2, 0.25) is 0 Å². The van der Waals surface area contributed by atoms with E-state index in [9.17, 15) is 0 Å². The maximum atomic E-state index is 6.19. The monoisotopic (exact) mass is 315 g/mol. The number of aryl methyl sites for hydroxylation is 1. The van der Waals surface area contributed by atoms with E-state index in [1.807, 2.05) is 12.1 Å². The number of thiophene rings is 1. The van der Waals surface area contributed by atoms with Crippen molar-refractivity contribution in [1.82, 2.24) is 15.1 Å². The van der Waals surface area contributed by atoms with Crippen molar-refractivity contribution >= 4 is 11.3 Å². The molecule has 2 atom stereocenters. The SMILES string of the molecule is Cc1ccc(-c2ccc(O[C@H]3C4CCN(CC4)[C@H]3C)nn2)s1. The summed E-state index contributed by atoms with van der Waals surface area (Å²) in [6, 6.07) is 8.66. The largest absolute Gasteiger partial charge is 0.471 e. The molecular formula is C17H21N3OS. The van der Waals surface area contributed by atoms with Crippen LogP contribution in [0.3, 0.4) is 0 Å². The highest BCUT2D eigenvalue weighted by molar-refractivity contribution is 7.15. The minimum atomic E-state index is 0.256. The quantitative estimate of drug-likeness (QED) is 0.870. The summed E-state index contributed by atoms with van der Waals surface area (Å²) >= 11 is 1.74. The summed E-state index contributed by atoms with van der Waals surface area (Å²) in [6.07, 6.45) is 2.75. The molecule has 5 rings (SSSR count). The van der Waals surface area contributed by atoms with Crippen molar-refractivity contribution in [2.24, 2.45) is 5.92 Å². The topological polar surface area (TPSA) is 38.2 Å². The van der Waals surface area contributed by atoms with E-state index in [1.54, 1.807) is 11.3 Å². The van der Waals surface area contributed by atoms with Crippen LogP contribution in [-0.4, -0.2) is 40.3 Å². The predicted octanol–water partition coefficient (Wildman–Crippen LogP) is 3.38. The molecule has 3 aliphatic heterocycles. The molecule has 22 heavy (non-hydrogen) atoms. The van der Waals surface area contributed by atoms with Crippen LogP contribution in [-0.2, 0) is 0 Å². The third-order valence-corrected chi connectivity index (χ3v) is 6.00. The minimum absolute atomic E-state index is 0.256. The van der Waals surface area contributed by atoms with Crippen molar-refractivity contribution in [2.75, 3.05) is 13.1 Å². The highest BCUT2D eigenvalue weighted by Crippen LogP contribution is 2.34. The third kappa shape index (κ3) is 2.52. The number of nitrogens with zero attached hydrogens (tertiary/aromatic N) is 3. The van der Waals surface area contributed by atoms with Crippen LogP contribution >= 0.6 is 11.3 Å². The van der Waals surface area contributed by atoms with Crippen LogP contribution in [0, 0.1) is 12.8 Å². The van der Waals surface area contributed by atoms with E-state index in [0.717, 1.165) is 10.6 Å². The lowest BCUT2D eigenvalue weighted by molar-refractivity contribution is -0.0528. The first-order valence-electron chi connectivity index (χ1n) is 8.02. The standard InChI is InChI=1S/C17H21N3OS/c1-11-3-5-15(22-11)14-4-6-16(19-18-14)21-17-12(2)20-9-7-13(17)8-10-20/h3-6,12-13,17H,7-10H2,1-2H3/t12-,17+/m0/s1. The zero-order valence-corrected chi connectivity index (χ0v) is 13.8. The van der Waals surface area contributed by atoms with Gasteiger partial charge in [0.15, 0.2) is 0 Å². The Hall–Kier alpha value is -1.46. The molecule has 5 heteroatoms. The molecule has 3 saturated heterocycles. The summed E-state index contributed by atoms with van der Waals surface area (Å²) in [6.45, 7) is 6.81. The van der Waals surface area contributed by atoms with Gasteiger partial charge in [0.25, 0.3) is 0 Å². The fourth-order valence-electron chi connectivity index (χ4n) is 3.68. The van der Waals surface area contributed by atoms with Crippen molar-refractivity contribution < 1.29 is 4.74 Å². The van der Waals surface area contributed by atoms with E-state index in [-0.39, 0.29) is 6.10 Å². The molecule has 2 aromatic rings. The zero-order chi connectivity index (χ0) is 15.1. The fourth-order valence-corrected chi connectivity index (χ4v) is 4.51. The molecule has 2 bridgehead atoms. The lowest BCUT2D eigenvalue weighted by Gasteiger charge is -2.48. The van der Waals surface area contributed by atoms with Crippen molar-refractivity contribution in [1.29, 1.82) is 0 Å². The predicted molar refractivity (Wildman–Crippen MR) is 88.3 cm³/mol. The smallest absolute Gasteiger partial charge is 0.233 e. The third-order valence-electron chi connectivity index (χ3n) is 4.98. The highest BCUT2D eigenvalue weighted by atomic mass is 32.1. The molecule has 116 valence electrons. The Morgan fingerprint density at radius 1 is 1.14 bits per heavy atom. The van der Waals surface area contributed by atoms with E-state index >= 15 is 0 Å². The lowest BCUT2D eigenvalue weighted by atomic mass is 9.81. The van der Waals surface area contributed by atoms with Gasteiger partial charge in [-0.05, 0) is 63.9 Å². The summed E-state index contributed by atoms with van der Waals surface area (Å²) in [5.41, 5.74) is 0.924. The molecule has 0 aliphatic carbocycles. The normalized spacial score (nSPS) is 30.5. The van der Waals surface area contributed by atoms with E-state index in [1.165, 1.54) is 30.8 Å². The van der Waals surface area contributed by atoms with Gasteiger partial charge in [-0.25, -0.2) is 0 Å². The second-order valence-electron chi connectivity index (χ2n) is 6.36. The van der Waals surface area contributed by atoms with Gasteiger partial charge in [-0.1, -0.05) is 0 Å². The van der Waals surface area contributed by atoms with Crippen molar-refractivity contribution in [3.63, 3.8) is 0 Å². The summed E-state index contributed by atoms with van der Waals surface area (Å²) in [5, 5.41) is 8.63. The molecule has 5 heterocycles.